The Kier molecular flexibility index (Phi) is 7.07. The third kappa shape index (κ3) is 4.80. The number of carbonyl (C=O) groups is 2. The van der Waals surface area contributed by atoms with Gasteiger partial charge in [0.2, 0.25) is 5.43 Å². The van der Waals surface area contributed by atoms with E-state index in [1.807, 2.05) is 6.92 Å². The number of amides is 1. The van der Waals surface area contributed by atoms with Crippen molar-refractivity contribution in [1.29, 1.82) is 0 Å². The first-order chi connectivity index (χ1) is 14.4. The summed E-state index contributed by atoms with van der Waals surface area (Å²) < 4.78 is 21.3. The molecule has 2 aromatic rings. The van der Waals surface area contributed by atoms with E-state index in [2.05, 4.69) is 10.6 Å². The molecule has 1 aromatic carbocycles. The quantitative estimate of drug-likeness (QED) is 0.676. The molecule has 1 saturated carbocycles. The highest BCUT2D eigenvalue weighted by atomic mass is 19.1. The van der Waals surface area contributed by atoms with E-state index >= 15 is 0 Å². The second kappa shape index (κ2) is 9.73. The summed E-state index contributed by atoms with van der Waals surface area (Å²) in [6, 6.07) is 3.06. The zero-order chi connectivity index (χ0) is 21.7. The van der Waals surface area contributed by atoms with E-state index in [9.17, 15) is 18.8 Å². The van der Waals surface area contributed by atoms with Gasteiger partial charge in [-0.25, -0.2) is 4.39 Å². The van der Waals surface area contributed by atoms with Crippen LogP contribution >= 0.6 is 0 Å². The number of esters is 1. The fourth-order valence-electron chi connectivity index (χ4n) is 3.87. The number of pyridine rings is 1. The molecule has 0 unspecified atom stereocenters. The van der Waals surface area contributed by atoms with E-state index in [1.165, 1.54) is 18.7 Å². The summed E-state index contributed by atoms with van der Waals surface area (Å²) in [5.41, 5.74) is 0.222. The van der Waals surface area contributed by atoms with Gasteiger partial charge in [-0.1, -0.05) is 19.3 Å². The van der Waals surface area contributed by atoms with Crippen molar-refractivity contribution in [2.24, 2.45) is 0 Å². The van der Waals surface area contributed by atoms with Crippen molar-refractivity contribution in [2.75, 3.05) is 18.5 Å². The van der Waals surface area contributed by atoms with Crippen molar-refractivity contribution in [3.8, 4) is 0 Å². The topological polar surface area (TPSA) is 89.4 Å². The lowest BCUT2D eigenvalue weighted by Crippen LogP contribution is -2.34. The number of nitrogens with zero attached hydrogens (tertiary/aromatic N) is 1. The molecular weight excluding hydrogens is 389 g/mol. The van der Waals surface area contributed by atoms with Crippen LogP contribution in [0.25, 0.3) is 10.9 Å². The number of aromatic nitrogens is 1. The van der Waals surface area contributed by atoms with Crippen LogP contribution in [0.4, 0.5) is 10.1 Å². The van der Waals surface area contributed by atoms with Crippen LogP contribution in [0.15, 0.2) is 23.1 Å². The van der Waals surface area contributed by atoms with E-state index < -0.39 is 23.1 Å². The van der Waals surface area contributed by atoms with E-state index in [0.29, 0.717) is 17.7 Å². The summed E-state index contributed by atoms with van der Waals surface area (Å²) in [5, 5.41) is 5.79. The Balaban J connectivity index is 1.93. The summed E-state index contributed by atoms with van der Waals surface area (Å²) in [4.78, 5) is 36.8. The number of nitrogens with one attached hydrogen (secondary N) is 2. The molecule has 162 valence electrons. The maximum absolute atomic E-state index is 14.8. The Morgan fingerprint density at radius 1 is 1.20 bits per heavy atom. The van der Waals surface area contributed by atoms with E-state index in [0.717, 1.165) is 25.7 Å². The average Bonchev–Trinajstić information content (AvgIpc) is 2.74. The van der Waals surface area contributed by atoms with Gasteiger partial charge in [0.05, 0.1) is 17.8 Å². The number of hydrogen-bond donors (Lipinski definition) is 2. The number of carbonyl (C=O) groups excluding carboxylic acids is 2. The second-order valence-corrected chi connectivity index (χ2v) is 7.47. The molecule has 0 spiro atoms. The number of ether oxygens (including phenoxy) is 1. The van der Waals surface area contributed by atoms with Crippen LogP contribution in [-0.4, -0.2) is 35.6 Å². The predicted octanol–water partition coefficient (Wildman–Crippen LogP) is 3.20. The van der Waals surface area contributed by atoms with Crippen LogP contribution in [0.5, 0.6) is 0 Å². The number of hydrogen-bond acceptors (Lipinski definition) is 5. The highest BCUT2D eigenvalue weighted by molar-refractivity contribution is 5.99. The van der Waals surface area contributed by atoms with Crippen molar-refractivity contribution in [3.05, 3.63) is 39.9 Å². The number of aryl methyl sites for hydroxylation is 1. The van der Waals surface area contributed by atoms with Crippen LogP contribution in [0, 0.1) is 5.82 Å². The first-order valence-electron chi connectivity index (χ1n) is 10.5. The summed E-state index contributed by atoms with van der Waals surface area (Å²) in [6.45, 7) is 3.89. The van der Waals surface area contributed by atoms with Crippen LogP contribution in [-0.2, 0) is 16.1 Å². The third-order valence-corrected chi connectivity index (χ3v) is 5.42. The fourth-order valence-corrected chi connectivity index (χ4v) is 3.87. The highest BCUT2D eigenvalue weighted by Crippen LogP contribution is 2.26. The Hall–Kier alpha value is -2.90. The molecule has 2 N–H and O–H groups in total. The Morgan fingerprint density at radius 3 is 2.60 bits per heavy atom. The zero-order valence-corrected chi connectivity index (χ0v) is 17.4. The van der Waals surface area contributed by atoms with Crippen molar-refractivity contribution in [3.63, 3.8) is 0 Å². The molecule has 0 saturated heterocycles. The number of rotatable bonds is 7. The Morgan fingerprint density at radius 2 is 1.93 bits per heavy atom. The minimum Gasteiger partial charge on any atom is -0.465 e. The van der Waals surface area contributed by atoms with Crippen molar-refractivity contribution in [2.45, 2.75) is 58.5 Å². The molecular formula is C22H28FN3O4. The summed E-state index contributed by atoms with van der Waals surface area (Å²) in [6.07, 6.45) is 6.89. The van der Waals surface area contributed by atoms with Crippen molar-refractivity contribution >= 4 is 28.5 Å². The molecule has 1 fully saturated rings. The first-order valence-corrected chi connectivity index (χ1v) is 10.5. The van der Waals surface area contributed by atoms with Crippen LogP contribution in [0.3, 0.4) is 0 Å². The molecule has 0 bridgehead atoms. The lowest BCUT2D eigenvalue weighted by Gasteiger charge is -2.24. The van der Waals surface area contributed by atoms with Gasteiger partial charge in [0.15, 0.2) is 0 Å². The molecule has 7 nitrogen and oxygen atoms in total. The molecule has 1 aromatic heterocycles. The van der Waals surface area contributed by atoms with Gasteiger partial charge in [-0.15, -0.1) is 0 Å². The van der Waals surface area contributed by atoms with Gasteiger partial charge in [-0.2, -0.15) is 0 Å². The number of fused-ring (bicyclic) bond motifs is 1. The van der Waals surface area contributed by atoms with E-state index in [4.69, 9.17) is 4.74 Å². The Labute approximate surface area is 174 Å². The monoisotopic (exact) mass is 417 g/mol. The molecule has 0 atom stereocenters. The zero-order valence-electron chi connectivity index (χ0n) is 17.4. The number of halogens is 1. The first kappa shape index (κ1) is 21.8. The van der Waals surface area contributed by atoms with Crippen molar-refractivity contribution in [1.82, 2.24) is 9.88 Å². The van der Waals surface area contributed by atoms with Crippen LogP contribution in [0.1, 0.15) is 56.3 Å². The molecule has 3 rings (SSSR count). The van der Waals surface area contributed by atoms with Gasteiger partial charge in [0.1, 0.15) is 17.9 Å². The summed E-state index contributed by atoms with van der Waals surface area (Å²) >= 11 is 0. The second-order valence-electron chi connectivity index (χ2n) is 7.47. The molecule has 0 aliphatic heterocycles. The minimum atomic E-state index is -0.693. The summed E-state index contributed by atoms with van der Waals surface area (Å²) in [7, 11) is 0. The molecule has 0 radical (unpaired) electrons. The van der Waals surface area contributed by atoms with Gasteiger partial charge < -0.3 is 19.9 Å². The normalized spacial score (nSPS) is 14.5. The SMILES string of the molecule is CCOC(=O)CNC(=O)c1cn(CC)c2cc(NC3CCCCC3)c(F)cc2c1=O. The number of benzene rings is 1. The molecule has 1 aliphatic carbocycles. The van der Waals surface area contributed by atoms with Gasteiger partial charge >= 0.3 is 5.97 Å². The lowest BCUT2D eigenvalue weighted by atomic mass is 9.95. The largest absolute Gasteiger partial charge is 0.465 e. The maximum atomic E-state index is 14.8. The molecule has 8 heteroatoms. The molecule has 1 amide bonds. The van der Waals surface area contributed by atoms with Crippen LogP contribution < -0.4 is 16.1 Å². The average molecular weight is 417 g/mol. The molecule has 1 heterocycles. The van der Waals surface area contributed by atoms with E-state index in [1.54, 1.807) is 17.6 Å². The highest BCUT2D eigenvalue weighted by Gasteiger charge is 2.20. The number of anilines is 1. The summed E-state index contributed by atoms with van der Waals surface area (Å²) in [5.74, 6) is -1.80. The Bertz CT molecular complexity index is 996. The van der Waals surface area contributed by atoms with Crippen molar-refractivity contribution < 1.29 is 18.7 Å². The predicted molar refractivity (Wildman–Crippen MR) is 113 cm³/mol. The molecule has 30 heavy (non-hydrogen) atoms. The van der Waals surface area contributed by atoms with Gasteiger partial charge in [-0.05, 0) is 38.8 Å². The van der Waals surface area contributed by atoms with E-state index in [-0.39, 0.29) is 30.1 Å². The third-order valence-electron chi connectivity index (χ3n) is 5.42. The standard InChI is InChI=1S/C22H28FN3O4/c1-3-26-13-16(22(29)24-12-20(27)30-4-2)21(28)15-10-17(23)18(11-19(15)26)25-14-8-6-5-7-9-14/h10-11,13-14,25H,3-9,12H2,1-2H3,(H,24,29). The van der Waals surface area contributed by atoms with Gasteiger partial charge in [-0.3, -0.25) is 14.4 Å². The van der Waals surface area contributed by atoms with Gasteiger partial charge in [0.25, 0.3) is 5.91 Å². The minimum absolute atomic E-state index is 0.132. The lowest BCUT2D eigenvalue weighted by molar-refractivity contribution is -0.141. The van der Waals surface area contributed by atoms with Gasteiger partial charge in [0, 0.05) is 24.2 Å². The maximum Gasteiger partial charge on any atom is 0.325 e. The smallest absolute Gasteiger partial charge is 0.325 e. The molecule has 1 aliphatic rings. The fraction of sp³-hybridized carbons (Fsp3) is 0.500. The van der Waals surface area contributed by atoms with Crippen LogP contribution in [0.2, 0.25) is 0 Å².